The maximum absolute atomic E-state index is 13.6. The number of pyridine rings is 1. The first-order valence-corrected chi connectivity index (χ1v) is 13.8. The summed E-state index contributed by atoms with van der Waals surface area (Å²) in [6.45, 7) is 7.81. The third kappa shape index (κ3) is 6.89. The molecule has 1 amide bonds. The van der Waals surface area contributed by atoms with Gasteiger partial charge in [-0.25, -0.2) is 4.98 Å². The fourth-order valence-corrected chi connectivity index (χ4v) is 4.82. The first-order valence-electron chi connectivity index (χ1n) is 13.4. The SMILES string of the molecule is COc1ccc(C(C)(C)C)cc1C(=O)Nc1ccc(Cl)c(C2=Cc3ccc(NCCN(C)C)nc3C(OC)[NH+]2[O-])c1. The van der Waals surface area contributed by atoms with E-state index in [0.717, 1.165) is 17.7 Å². The molecule has 1 aromatic heterocycles. The highest BCUT2D eigenvalue weighted by molar-refractivity contribution is 6.32. The van der Waals surface area contributed by atoms with E-state index in [2.05, 4.69) is 41.3 Å². The molecule has 2 atom stereocenters. The van der Waals surface area contributed by atoms with Gasteiger partial charge in [-0.15, -0.1) is 0 Å². The van der Waals surface area contributed by atoms with Crippen LogP contribution in [0.15, 0.2) is 48.5 Å². The van der Waals surface area contributed by atoms with E-state index in [9.17, 15) is 10.0 Å². The molecule has 2 unspecified atom stereocenters. The Morgan fingerprint density at radius 3 is 2.54 bits per heavy atom. The van der Waals surface area contributed by atoms with Crippen LogP contribution in [0.2, 0.25) is 5.02 Å². The fraction of sp³-hybridized carbons (Fsp3) is 0.355. The van der Waals surface area contributed by atoms with E-state index in [1.807, 2.05) is 38.4 Å². The van der Waals surface area contributed by atoms with Gasteiger partial charge in [0.2, 0.25) is 6.23 Å². The van der Waals surface area contributed by atoms with Crippen LogP contribution in [0.5, 0.6) is 5.75 Å². The van der Waals surface area contributed by atoms with E-state index in [0.29, 0.717) is 51.3 Å². The summed E-state index contributed by atoms with van der Waals surface area (Å²) < 4.78 is 11.1. The number of methoxy groups -OCH3 is 2. The summed E-state index contributed by atoms with van der Waals surface area (Å²) in [5, 5.41) is 20.0. The monoisotopic (exact) mass is 579 g/mol. The van der Waals surface area contributed by atoms with Gasteiger partial charge in [0.15, 0.2) is 0 Å². The van der Waals surface area contributed by atoms with Crippen molar-refractivity contribution in [1.82, 2.24) is 9.88 Å². The van der Waals surface area contributed by atoms with E-state index in [1.54, 1.807) is 30.3 Å². The third-order valence-electron chi connectivity index (χ3n) is 6.93. The minimum atomic E-state index is -0.890. The number of hydrogen-bond acceptors (Lipinski definition) is 7. The van der Waals surface area contributed by atoms with Gasteiger partial charge < -0.3 is 35.3 Å². The van der Waals surface area contributed by atoms with Crippen molar-refractivity contribution in [3.63, 3.8) is 0 Å². The molecule has 0 saturated carbocycles. The van der Waals surface area contributed by atoms with Gasteiger partial charge in [0.25, 0.3) is 5.91 Å². The van der Waals surface area contributed by atoms with Crippen LogP contribution in [-0.2, 0) is 10.2 Å². The zero-order valence-electron chi connectivity index (χ0n) is 24.6. The molecular weight excluding hydrogens is 542 g/mol. The molecule has 1 aliphatic heterocycles. The normalized spacial score (nSPS) is 16.7. The number of likely N-dealkylation sites (N-methyl/N-ethyl adjacent to an activating group) is 1. The van der Waals surface area contributed by atoms with Gasteiger partial charge in [0, 0.05) is 37.5 Å². The molecule has 1 aliphatic rings. The third-order valence-corrected chi connectivity index (χ3v) is 7.26. The number of rotatable bonds is 9. The van der Waals surface area contributed by atoms with Crippen LogP contribution in [0.4, 0.5) is 11.5 Å². The number of fused-ring (bicyclic) bond motifs is 1. The van der Waals surface area contributed by atoms with E-state index in [4.69, 9.17) is 21.1 Å². The molecule has 3 N–H and O–H groups in total. The highest BCUT2D eigenvalue weighted by atomic mass is 35.5. The Labute approximate surface area is 246 Å². The highest BCUT2D eigenvalue weighted by Gasteiger charge is 2.32. The van der Waals surface area contributed by atoms with Gasteiger partial charge in [0.05, 0.1) is 23.3 Å². The van der Waals surface area contributed by atoms with E-state index in [1.165, 1.54) is 14.2 Å². The Kier molecular flexibility index (Phi) is 9.36. The second kappa shape index (κ2) is 12.6. The number of halogens is 1. The molecule has 0 bridgehead atoms. The van der Waals surface area contributed by atoms with Crippen LogP contribution in [-0.4, -0.2) is 57.2 Å². The lowest BCUT2D eigenvalue weighted by Crippen LogP contribution is -3.05. The van der Waals surface area contributed by atoms with E-state index in [-0.39, 0.29) is 16.4 Å². The minimum absolute atomic E-state index is 0.144. The van der Waals surface area contributed by atoms with Crippen LogP contribution < -0.4 is 20.4 Å². The topological polar surface area (TPSA) is 103 Å². The summed E-state index contributed by atoms with van der Waals surface area (Å²) in [6.07, 6.45) is 0.881. The van der Waals surface area contributed by atoms with Crippen molar-refractivity contribution in [1.29, 1.82) is 0 Å². The van der Waals surface area contributed by atoms with E-state index >= 15 is 0 Å². The minimum Gasteiger partial charge on any atom is -0.627 e. The number of anilines is 2. The number of quaternary nitrogens is 1. The standard InChI is InChI=1S/C31H38ClN5O4/c1-31(2,3)20-9-12-26(40-6)23(17-20)29(38)34-21-10-11-24(32)22(18-21)25-16-19-8-13-27(33-14-15-36(4)5)35-28(19)30(41-7)37(25)39/h8-13,16-18,30,37H,14-15H2,1-7H3,(H,33,35)(H,34,38). The predicted molar refractivity (Wildman–Crippen MR) is 164 cm³/mol. The molecular formula is C31H38ClN5O4. The first kappa shape index (κ1) is 30.5. The Hall–Kier alpha value is -3.47. The molecule has 3 aromatic rings. The summed E-state index contributed by atoms with van der Waals surface area (Å²) in [7, 11) is 7.02. The summed E-state index contributed by atoms with van der Waals surface area (Å²) in [4.78, 5) is 20.1. The molecule has 2 aromatic carbocycles. The number of carbonyl (C=O) groups is 1. The largest absolute Gasteiger partial charge is 0.627 e. The lowest BCUT2D eigenvalue weighted by molar-refractivity contribution is -0.838. The molecule has 9 nitrogen and oxygen atoms in total. The molecule has 0 saturated heterocycles. The van der Waals surface area contributed by atoms with Crippen LogP contribution in [0.1, 0.15) is 59.7 Å². The number of ether oxygens (including phenoxy) is 2. The Balaban J connectivity index is 1.65. The van der Waals surface area contributed by atoms with Crippen molar-refractivity contribution in [3.05, 3.63) is 86.7 Å². The molecule has 0 fully saturated rings. The van der Waals surface area contributed by atoms with Crippen molar-refractivity contribution in [2.45, 2.75) is 32.4 Å². The maximum atomic E-state index is 13.6. The molecule has 4 rings (SSSR count). The van der Waals surface area contributed by atoms with E-state index < -0.39 is 6.23 Å². The second-order valence-electron chi connectivity index (χ2n) is 11.3. The fourth-order valence-electron chi connectivity index (χ4n) is 4.60. The number of nitrogens with one attached hydrogen (secondary N) is 3. The number of aromatic nitrogens is 1. The van der Waals surface area contributed by atoms with Gasteiger partial charge in [-0.05, 0) is 67.5 Å². The van der Waals surface area contributed by atoms with Crippen molar-refractivity contribution < 1.29 is 19.3 Å². The maximum Gasteiger partial charge on any atom is 0.259 e. The summed E-state index contributed by atoms with van der Waals surface area (Å²) in [5.74, 6) is 0.812. The number of hydroxylamine groups is 2. The molecule has 0 radical (unpaired) electrons. The second-order valence-corrected chi connectivity index (χ2v) is 11.7. The number of nitrogens with zero attached hydrogens (tertiary/aromatic N) is 2. The van der Waals surface area contributed by atoms with Crippen LogP contribution in [0.3, 0.4) is 0 Å². The Bertz CT molecular complexity index is 1450. The summed E-state index contributed by atoms with van der Waals surface area (Å²) in [5.41, 5.74) is 3.95. The Morgan fingerprint density at radius 1 is 1.12 bits per heavy atom. The van der Waals surface area contributed by atoms with Crippen molar-refractivity contribution in [2.75, 3.05) is 52.0 Å². The predicted octanol–water partition coefficient (Wildman–Crippen LogP) is 4.81. The quantitative estimate of drug-likeness (QED) is 0.313. The molecule has 2 heterocycles. The van der Waals surface area contributed by atoms with Crippen LogP contribution in [0, 0.1) is 5.21 Å². The highest BCUT2D eigenvalue weighted by Crippen LogP contribution is 2.33. The molecule has 0 spiro atoms. The lowest BCUT2D eigenvalue weighted by atomic mass is 9.86. The average molecular weight is 580 g/mol. The molecule has 41 heavy (non-hydrogen) atoms. The van der Waals surface area contributed by atoms with Crippen molar-refractivity contribution >= 4 is 40.8 Å². The van der Waals surface area contributed by atoms with Gasteiger partial charge in [-0.3, -0.25) is 4.79 Å². The van der Waals surface area contributed by atoms with Crippen LogP contribution >= 0.6 is 11.6 Å². The molecule has 218 valence electrons. The van der Waals surface area contributed by atoms with Crippen molar-refractivity contribution in [2.24, 2.45) is 0 Å². The zero-order valence-corrected chi connectivity index (χ0v) is 25.3. The zero-order chi connectivity index (χ0) is 29.9. The average Bonchev–Trinajstić information content (AvgIpc) is 2.93. The molecule has 10 heteroatoms. The number of hydrogen-bond donors (Lipinski definition) is 3. The van der Waals surface area contributed by atoms with Gasteiger partial charge >= 0.3 is 0 Å². The van der Waals surface area contributed by atoms with Crippen molar-refractivity contribution in [3.8, 4) is 5.75 Å². The van der Waals surface area contributed by atoms with Gasteiger partial charge in [-0.1, -0.05) is 38.4 Å². The lowest BCUT2D eigenvalue weighted by Gasteiger charge is -2.35. The number of carbonyl (C=O) groups excluding carboxylic acids is 1. The number of amides is 1. The molecule has 0 aliphatic carbocycles. The number of benzene rings is 2. The van der Waals surface area contributed by atoms with Crippen LogP contribution in [0.25, 0.3) is 11.8 Å². The Morgan fingerprint density at radius 2 is 1.88 bits per heavy atom. The summed E-state index contributed by atoms with van der Waals surface area (Å²) in [6, 6.07) is 14.5. The smallest absolute Gasteiger partial charge is 0.259 e. The van der Waals surface area contributed by atoms with Gasteiger partial charge in [0.1, 0.15) is 23.0 Å². The van der Waals surface area contributed by atoms with Gasteiger partial charge in [-0.2, -0.15) is 0 Å². The first-order chi connectivity index (χ1) is 19.4. The summed E-state index contributed by atoms with van der Waals surface area (Å²) >= 11 is 6.60.